The maximum absolute atomic E-state index is 9.84. The van der Waals surface area contributed by atoms with E-state index >= 15 is 0 Å². The summed E-state index contributed by atoms with van der Waals surface area (Å²) in [6.07, 6.45) is 6.91. The lowest BCUT2D eigenvalue weighted by Crippen LogP contribution is -2.51. The molecule has 1 spiro atoms. The standard InChI is InChI=1S/C22H30N6O/c1-14-9-16(26-25-14)10-27-8-2-6-22(13-27)7-5-18-19(22)23-20(15-3-4-15)24-21(18)28-11-17(29)12-28/h9,15,17,29H,2-8,10-13H2,1H3,(H,25,26). The number of anilines is 1. The summed E-state index contributed by atoms with van der Waals surface area (Å²) in [5.41, 5.74) is 5.10. The number of rotatable bonds is 4. The fourth-order valence-electron chi connectivity index (χ4n) is 5.60. The Bertz CT molecular complexity index is 931. The molecule has 2 aliphatic carbocycles. The fourth-order valence-corrected chi connectivity index (χ4v) is 5.60. The zero-order chi connectivity index (χ0) is 19.6. The lowest BCUT2D eigenvalue weighted by molar-refractivity contribution is 0.135. The van der Waals surface area contributed by atoms with Crippen LogP contribution < -0.4 is 4.90 Å². The van der Waals surface area contributed by atoms with Gasteiger partial charge in [0.05, 0.1) is 17.5 Å². The van der Waals surface area contributed by atoms with Crippen LogP contribution in [0.15, 0.2) is 6.07 Å². The molecule has 0 radical (unpaired) electrons. The van der Waals surface area contributed by atoms with Gasteiger partial charge in [0.1, 0.15) is 11.6 Å². The molecule has 2 saturated heterocycles. The average molecular weight is 395 g/mol. The number of hydrogen-bond acceptors (Lipinski definition) is 6. The Balaban J connectivity index is 1.33. The first-order valence-corrected chi connectivity index (χ1v) is 11.2. The molecule has 29 heavy (non-hydrogen) atoms. The number of aryl methyl sites for hydroxylation is 1. The van der Waals surface area contributed by atoms with Crippen molar-refractivity contribution in [1.29, 1.82) is 0 Å². The smallest absolute Gasteiger partial charge is 0.135 e. The minimum atomic E-state index is -0.206. The number of aromatic amines is 1. The molecule has 2 aromatic heterocycles. The third-order valence-electron chi connectivity index (χ3n) is 7.26. The van der Waals surface area contributed by atoms with E-state index in [0.29, 0.717) is 19.0 Å². The fraction of sp³-hybridized carbons (Fsp3) is 0.682. The van der Waals surface area contributed by atoms with Gasteiger partial charge in [-0.05, 0) is 58.1 Å². The second-order valence-corrected chi connectivity index (χ2v) is 9.70. The number of fused-ring (bicyclic) bond motifs is 2. The minimum absolute atomic E-state index is 0.156. The van der Waals surface area contributed by atoms with Gasteiger partial charge in [-0.1, -0.05) is 0 Å². The Hall–Kier alpha value is -1.99. The van der Waals surface area contributed by atoms with Crippen molar-refractivity contribution in [1.82, 2.24) is 25.1 Å². The topological polar surface area (TPSA) is 81.2 Å². The van der Waals surface area contributed by atoms with Crippen molar-refractivity contribution in [3.05, 3.63) is 34.5 Å². The molecule has 4 aliphatic rings. The zero-order valence-corrected chi connectivity index (χ0v) is 17.2. The highest BCUT2D eigenvalue weighted by atomic mass is 16.3. The normalized spacial score (nSPS) is 27.4. The summed E-state index contributed by atoms with van der Waals surface area (Å²) in [6, 6.07) is 2.16. The molecule has 0 amide bonds. The van der Waals surface area contributed by atoms with Crippen molar-refractivity contribution < 1.29 is 5.11 Å². The van der Waals surface area contributed by atoms with Gasteiger partial charge in [0.2, 0.25) is 0 Å². The molecule has 7 nitrogen and oxygen atoms in total. The molecule has 3 fully saturated rings. The van der Waals surface area contributed by atoms with Gasteiger partial charge in [0.15, 0.2) is 0 Å². The number of hydrogen-bond donors (Lipinski definition) is 2. The van der Waals surface area contributed by atoms with Gasteiger partial charge in [-0.25, -0.2) is 9.97 Å². The minimum Gasteiger partial charge on any atom is -0.389 e. The number of piperidine rings is 1. The molecule has 2 N–H and O–H groups in total. The SMILES string of the molecule is Cc1cc(CN2CCCC3(CCc4c(N5CC(O)C5)nc(C5CC5)nc43)C2)n[nH]1. The van der Waals surface area contributed by atoms with Crippen LogP contribution in [0.5, 0.6) is 0 Å². The summed E-state index contributed by atoms with van der Waals surface area (Å²) in [6.45, 7) is 6.60. The Kier molecular flexibility index (Phi) is 4.00. The van der Waals surface area contributed by atoms with Gasteiger partial charge in [0.25, 0.3) is 0 Å². The molecule has 6 rings (SSSR count). The summed E-state index contributed by atoms with van der Waals surface area (Å²) in [5, 5.41) is 17.4. The molecule has 1 saturated carbocycles. The predicted molar refractivity (Wildman–Crippen MR) is 110 cm³/mol. The molecule has 7 heteroatoms. The lowest BCUT2D eigenvalue weighted by Gasteiger charge is -2.41. The maximum atomic E-state index is 9.84. The van der Waals surface area contributed by atoms with E-state index < -0.39 is 0 Å². The van der Waals surface area contributed by atoms with E-state index in [1.807, 2.05) is 0 Å². The summed E-state index contributed by atoms with van der Waals surface area (Å²) in [4.78, 5) is 15.1. The van der Waals surface area contributed by atoms with Crippen LogP contribution in [0.25, 0.3) is 0 Å². The van der Waals surface area contributed by atoms with Crippen LogP contribution in [0.2, 0.25) is 0 Å². The van der Waals surface area contributed by atoms with Crippen LogP contribution in [-0.4, -0.2) is 62.5 Å². The lowest BCUT2D eigenvalue weighted by atomic mass is 9.77. The number of likely N-dealkylation sites (tertiary alicyclic amines) is 1. The van der Waals surface area contributed by atoms with Gasteiger partial charge < -0.3 is 10.0 Å². The molecule has 0 aromatic carbocycles. The Morgan fingerprint density at radius 3 is 2.83 bits per heavy atom. The third kappa shape index (κ3) is 3.06. The van der Waals surface area contributed by atoms with Crippen LogP contribution in [0.1, 0.15) is 66.5 Å². The second-order valence-electron chi connectivity index (χ2n) is 9.70. The van der Waals surface area contributed by atoms with Crippen LogP contribution in [0.4, 0.5) is 5.82 Å². The number of aromatic nitrogens is 4. The number of β-amino-alcohol motifs (C(OH)–C–C–N with tert-alkyl or cyclic N) is 1. The Labute approximate surface area is 171 Å². The molecule has 2 aliphatic heterocycles. The van der Waals surface area contributed by atoms with Crippen LogP contribution in [0, 0.1) is 6.92 Å². The third-order valence-corrected chi connectivity index (χ3v) is 7.26. The van der Waals surface area contributed by atoms with E-state index in [2.05, 4.69) is 33.0 Å². The summed E-state index contributed by atoms with van der Waals surface area (Å²) >= 11 is 0. The van der Waals surface area contributed by atoms with E-state index in [0.717, 1.165) is 49.1 Å². The van der Waals surface area contributed by atoms with Gasteiger partial charge in [-0.3, -0.25) is 10.00 Å². The molecule has 154 valence electrons. The molecule has 1 unspecified atom stereocenters. The molecule has 1 atom stereocenters. The number of H-pyrrole nitrogens is 1. The first-order valence-electron chi connectivity index (χ1n) is 11.2. The maximum Gasteiger partial charge on any atom is 0.135 e. The highest BCUT2D eigenvalue weighted by Crippen LogP contribution is 2.49. The Morgan fingerprint density at radius 2 is 2.10 bits per heavy atom. The van der Waals surface area contributed by atoms with Crippen molar-refractivity contribution in [3.8, 4) is 0 Å². The van der Waals surface area contributed by atoms with E-state index in [1.165, 1.54) is 43.4 Å². The van der Waals surface area contributed by atoms with Crippen molar-refractivity contribution in [2.45, 2.75) is 69.4 Å². The zero-order valence-electron chi connectivity index (χ0n) is 17.2. The number of nitrogens with one attached hydrogen (secondary N) is 1. The van der Waals surface area contributed by atoms with Crippen LogP contribution in [0.3, 0.4) is 0 Å². The molecule has 4 heterocycles. The van der Waals surface area contributed by atoms with E-state index in [-0.39, 0.29) is 11.5 Å². The second kappa shape index (κ2) is 6.51. The van der Waals surface area contributed by atoms with E-state index in [4.69, 9.17) is 9.97 Å². The first kappa shape index (κ1) is 17.8. The molecule has 0 bridgehead atoms. The van der Waals surface area contributed by atoms with Gasteiger partial charge >= 0.3 is 0 Å². The van der Waals surface area contributed by atoms with Crippen molar-refractivity contribution in [2.75, 3.05) is 31.1 Å². The number of aliphatic hydroxyl groups is 1. The predicted octanol–water partition coefficient (Wildman–Crippen LogP) is 2.05. The van der Waals surface area contributed by atoms with Crippen LogP contribution >= 0.6 is 0 Å². The van der Waals surface area contributed by atoms with Crippen LogP contribution in [-0.2, 0) is 18.4 Å². The van der Waals surface area contributed by atoms with Crippen molar-refractivity contribution in [3.63, 3.8) is 0 Å². The molecule has 2 aromatic rings. The first-order chi connectivity index (χ1) is 14.1. The van der Waals surface area contributed by atoms with Crippen molar-refractivity contribution >= 4 is 5.82 Å². The Morgan fingerprint density at radius 1 is 1.24 bits per heavy atom. The largest absolute Gasteiger partial charge is 0.389 e. The van der Waals surface area contributed by atoms with Gasteiger partial charge in [0, 0.05) is 48.8 Å². The van der Waals surface area contributed by atoms with Gasteiger partial charge in [-0.2, -0.15) is 5.10 Å². The molecular weight excluding hydrogens is 364 g/mol. The monoisotopic (exact) mass is 394 g/mol. The van der Waals surface area contributed by atoms with Gasteiger partial charge in [-0.15, -0.1) is 0 Å². The molecular formula is C22H30N6O. The van der Waals surface area contributed by atoms with E-state index in [9.17, 15) is 5.11 Å². The quantitative estimate of drug-likeness (QED) is 0.826. The van der Waals surface area contributed by atoms with Crippen molar-refractivity contribution in [2.24, 2.45) is 0 Å². The summed E-state index contributed by atoms with van der Waals surface area (Å²) < 4.78 is 0. The average Bonchev–Trinajstić information content (AvgIpc) is 3.38. The summed E-state index contributed by atoms with van der Waals surface area (Å²) in [5.74, 6) is 2.73. The number of aliphatic hydroxyl groups excluding tert-OH is 1. The highest BCUT2D eigenvalue weighted by Gasteiger charge is 2.46. The number of nitrogens with zero attached hydrogens (tertiary/aromatic N) is 5. The highest BCUT2D eigenvalue weighted by molar-refractivity contribution is 5.56. The summed E-state index contributed by atoms with van der Waals surface area (Å²) in [7, 11) is 0. The van der Waals surface area contributed by atoms with E-state index in [1.54, 1.807) is 0 Å².